The molecular formula is C20H17F2N3O2. The number of hydrogen-bond donors (Lipinski definition) is 0. The van der Waals surface area contributed by atoms with Crippen molar-refractivity contribution < 1.29 is 18.0 Å². The van der Waals surface area contributed by atoms with E-state index in [9.17, 15) is 13.6 Å². The van der Waals surface area contributed by atoms with Crippen LogP contribution >= 0.6 is 0 Å². The van der Waals surface area contributed by atoms with E-state index in [-0.39, 0.29) is 29.1 Å². The van der Waals surface area contributed by atoms with Gasteiger partial charge in [-0.1, -0.05) is 12.1 Å². The van der Waals surface area contributed by atoms with Crippen LogP contribution in [-0.2, 0) is 0 Å². The Labute approximate surface area is 154 Å². The Morgan fingerprint density at radius 2 is 1.85 bits per heavy atom. The maximum atomic E-state index is 13.9. The molecule has 3 aromatic rings. The van der Waals surface area contributed by atoms with Crippen molar-refractivity contribution in [3.05, 3.63) is 71.6 Å². The molecule has 1 amide bonds. The summed E-state index contributed by atoms with van der Waals surface area (Å²) in [5.74, 6) is -0.557. The first-order valence-electron chi connectivity index (χ1n) is 8.75. The molecule has 138 valence electrons. The Balaban J connectivity index is 1.51. The van der Waals surface area contributed by atoms with Gasteiger partial charge in [0.15, 0.2) is 0 Å². The van der Waals surface area contributed by atoms with Gasteiger partial charge in [0.1, 0.15) is 11.6 Å². The van der Waals surface area contributed by atoms with Crippen LogP contribution < -0.4 is 0 Å². The highest BCUT2D eigenvalue weighted by molar-refractivity contribution is 5.94. The van der Waals surface area contributed by atoms with Gasteiger partial charge in [0.05, 0.1) is 11.5 Å². The molecule has 0 N–H and O–H groups in total. The molecule has 1 atom stereocenters. The second kappa shape index (κ2) is 7.26. The summed E-state index contributed by atoms with van der Waals surface area (Å²) >= 11 is 0. The summed E-state index contributed by atoms with van der Waals surface area (Å²) in [7, 11) is 0. The molecule has 0 spiro atoms. The van der Waals surface area contributed by atoms with Gasteiger partial charge in [0.25, 0.3) is 11.8 Å². The van der Waals surface area contributed by atoms with E-state index in [0.717, 1.165) is 12.8 Å². The number of nitrogens with zero attached hydrogens (tertiary/aromatic N) is 3. The van der Waals surface area contributed by atoms with Crippen LogP contribution in [0.2, 0.25) is 0 Å². The molecule has 1 fully saturated rings. The Morgan fingerprint density at radius 3 is 2.63 bits per heavy atom. The fourth-order valence-corrected chi connectivity index (χ4v) is 3.28. The molecule has 0 radical (unpaired) electrons. The highest BCUT2D eigenvalue weighted by atomic mass is 19.1. The molecule has 0 bridgehead atoms. The average molecular weight is 369 g/mol. The van der Waals surface area contributed by atoms with Crippen LogP contribution in [0.1, 0.15) is 35.0 Å². The zero-order chi connectivity index (χ0) is 18.8. The lowest BCUT2D eigenvalue weighted by molar-refractivity contribution is 0.0698. The van der Waals surface area contributed by atoms with E-state index in [1.807, 2.05) is 0 Å². The van der Waals surface area contributed by atoms with Crippen LogP contribution in [0.4, 0.5) is 8.78 Å². The van der Waals surface area contributed by atoms with Gasteiger partial charge in [0.2, 0.25) is 5.89 Å². The number of benzene rings is 2. The van der Waals surface area contributed by atoms with Crippen molar-refractivity contribution in [2.45, 2.75) is 18.8 Å². The minimum absolute atomic E-state index is 0.115. The molecule has 7 heteroatoms. The van der Waals surface area contributed by atoms with Crippen molar-refractivity contribution in [2.24, 2.45) is 0 Å². The number of hydrogen-bond acceptors (Lipinski definition) is 4. The Kier molecular flexibility index (Phi) is 4.66. The Hall–Kier alpha value is -3.09. The number of rotatable bonds is 3. The number of aromatic nitrogens is 2. The third-order valence-corrected chi connectivity index (χ3v) is 4.69. The first-order valence-corrected chi connectivity index (χ1v) is 8.75. The average Bonchev–Trinajstić information content (AvgIpc) is 3.18. The summed E-state index contributed by atoms with van der Waals surface area (Å²) in [4.78, 5) is 14.3. The third-order valence-electron chi connectivity index (χ3n) is 4.69. The van der Waals surface area contributed by atoms with Crippen LogP contribution in [0.5, 0.6) is 0 Å². The van der Waals surface area contributed by atoms with Crippen LogP contribution in [0, 0.1) is 11.6 Å². The molecule has 0 saturated carbocycles. The topological polar surface area (TPSA) is 59.2 Å². The number of carbonyl (C=O) groups is 1. The fourth-order valence-electron chi connectivity index (χ4n) is 3.28. The third kappa shape index (κ3) is 3.58. The number of piperidine rings is 1. The maximum absolute atomic E-state index is 13.9. The fraction of sp³-hybridized carbons (Fsp3) is 0.250. The summed E-state index contributed by atoms with van der Waals surface area (Å²) in [6, 6.07) is 11.7. The van der Waals surface area contributed by atoms with Crippen molar-refractivity contribution in [1.29, 1.82) is 0 Å². The van der Waals surface area contributed by atoms with Gasteiger partial charge < -0.3 is 9.32 Å². The minimum atomic E-state index is -0.426. The second-order valence-corrected chi connectivity index (χ2v) is 6.52. The molecule has 5 nitrogen and oxygen atoms in total. The van der Waals surface area contributed by atoms with E-state index in [4.69, 9.17) is 4.42 Å². The molecule has 2 aromatic carbocycles. The lowest BCUT2D eigenvalue weighted by atomic mass is 9.97. The largest absolute Gasteiger partial charge is 0.420 e. The standard InChI is InChI=1S/C20H17F2N3O2/c21-15-9-7-13(8-10-15)20(26)25-11-3-4-14(12-25)18-23-24-19(27-18)16-5-1-2-6-17(16)22/h1-2,5-10,14H,3-4,11-12H2/t14-/m1/s1. The van der Waals surface area contributed by atoms with E-state index in [1.54, 1.807) is 23.1 Å². The highest BCUT2D eigenvalue weighted by Gasteiger charge is 2.29. The van der Waals surface area contributed by atoms with Crippen molar-refractivity contribution in [2.75, 3.05) is 13.1 Å². The highest BCUT2D eigenvalue weighted by Crippen LogP contribution is 2.29. The van der Waals surface area contributed by atoms with Crippen LogP contribution in [0.25, 0.3) is 11.5 Å². The molecule has 27 heavy (non-hydrogen) atoms. The quantitative estimate of drug-likeness (QED) is 0.699. The smallest absolute Gasteiger partial charge is 0.253 e. The second-order valence-electron chi connectivity index (χ2n) is 6.52. The van der Waals surface area contributed by atoms with Crippen molar-refractivity contribution in [1.82, 2.24) is 15.1 Å². The number of likely N-dealkylation sites (tertiary alicyclic amines) is 1. The van der Waals surface area contributed by atoms with Crippen molar-refractivity contribution in [3.63, 3.8) is 0 Å². The van der Waals surface area contributed by atoms with Gasteiger partial charge >= 0.3 is 0 Å². The summed E-state index contributed by atoms with van der Waals surface area (Å²) in [6.07, 6.45) is 1.58. The van der Waals surface area contributed by atoms with E-state index in [2.05, 4.69) is 10.2 Å². The van der Waals surface area contributed by atoms with Gasteiger partial charge in [-0.05, 0) is 49.2 Å². The zero-order valence-electron chi connectivity index (χ0n) is 14.4. The van der Waals surface area contributed by atoms with Crippen molar-refractivity contribution >= 4 is 5.91 Å². The number of halogens is 2. The maximum Gasteiger partial charge on any atom is 0.253 e. The lowest BCUT2D eigenvalue weighted by Gasteiger charge is -2.31. The van der Waals surface area contributed by atoms with Gasteiger partial charge in [-0.25, -0.2) is 8.78 Å². The van der Waals surface area contributed by atoms with E-state index in [1.165, 1.54) is 30.3 Å². The normalized spacial score (nSPS) is 17.1. The van der Waals surface area contributed by atoms with Crippen LogP contribution in [0.3, 0.4) is 0 Å². The van der Waals surface area contributed by atoms with Crippen LogP contribution in [-0.4, -0.2) is 34.1 Å². The molecule has 4 rings (SSSR count). The van der Waals surface area contributed by atoms with Gasteiger partial charge in [0, 0.05) is 18.7 Å². The van der Waals surface area contributed by atoms with Gasteiger partial charge in [-0.3, -0.25) is 4.79 Å². The lowest BCUT2D eigenvalue weighted by Crippen LogP contribution is -2.39. The predicted octanol–water partition coefficient (Wildman–Crippen LogP) is 4.03. The molecule has 2 heterocycles. The first-order chi connectivity index (χ1) is 13.1. The molecule has 1 aromatic heterocycles. The minimum Gasteiger partial charge on any atom is -0.420 e. The number of amides is 1. The van der Waals surface area contributed by atoms with E-state index >= 15 is 0 Å². The van der Waals surface area contributed by atoms with Crippen molar-refractivity contribution in [3.8, 4) is 11.5 Å². The monoisotopic (exact) mass is 369 g/mol. The molecule has 1 saturated heterocycles. The zero-order valence-corrected chi connectivity index (χ0v) is 14.4. The summed E-state index contributed by atoms with van der Waals surface area (Å²) in [5.41, 5.74) is 0.695. The van der Waals surface area contributed by atoms with E-state index < -0.39 is 5.82 Å². The molecule has 1 aliphatic heterocycles. The van der Waals surface area contributed by atoms with E-state index in [0.29, 0.717) is 24.5 Å². The van der Waals surface area contributed by atoms with Gasteiger partial charge in [-0.15, -0.1) is 10.2 Å². The Bertz CT molecular complexity index is 956. The molecule has 0 unspecified atom stereocenters. The molecule has 0 aliphatic carbocycles. The SMILES string of the molecule is O=C(c1ccc(F)cc1)N1CCC[C@@H](c2nnc(-c3ccccc3F)o2)C1. The summed E-state index contributed by atoms with van der Waals surface area (Å²) in [5, 5.41) is 8.02. The van der Waals surface area contributed by atoms with Crippen LogP contribution in [0.15, 0.2) is 52.9 Å². The predicted molar refractivity (Wildman–Crippen MR) is 94.0 cm³/mol. The molecule has 1 aliphatic rings. The number of carbonyl (C=O) groups excluding carboxylic acids is 1. The first kappa shape index (κ1) is 17.3. The summed E-state index contributed by atoms with van der Waals surface area (Å²) < 4.78 is 32.7. The molecular weight excluding hydrogens is 352 g/mol. The Morgan fingerprint density at radius 1 is 1.07 bits per heavy atom. The van der Waals surface area contributed by atoms with Gasteiger partial charge in [-0.2, -0.15) is 0 Å². The summed E-state index contributed by atoms with van der Waals surface area (Å²) in [6.45, 7) is 1.04.